The van der Waals surface area contributed by atoms with Crippen LogP contribution in [0.25, 0.3) is 0 Å². The van der Waals surface area contributed by atoms with Crippen molar-refractivity contribution in [2.24, 2.45) is 11.3 Å². The van der Waals surface area contributed by atoms with Gasteiger partial charge in [-0.25, -0.2) is 8.42 Å². The summed E-state index contributed by atoms with van der Waals surface area (Å²) in [5.41, 5.74) is 1.39. The van der Waals surface area contributed by atoms with Crippen LogP contribution in [-0.4, -0.2) is 43.4 Å². The molecule has 5 heteroatoms. The van der Waals surface area contributed by atoms with Crippen LogP contribution in [0, 0.1) is 18.3 Å². The van der Waals surface area contributed by atoms with Gasteiger partial charge in [0.25, 0.3) is 0 Å². The summed E-state index contributed by atoms with van der Waals surface area (Å²) >= 11 is 0. The van der Waals surface area contributed by atoms with Crippen molar-refractivity contribution in [1.29, 1.82) is 0 Å². The Morgan fingerprint density at radius 3 is 2.50 bits per heavy atom. The van der Waals surface area contributed by atoms with E-state index < -0.39 is 15.3 Å². The molecule has 1 heterocycles. The molecule has 112 valence electrons. The molecule has 4 nitrogen and oxygen atoms in total. The van der Waals surface area contributed by atoms with Crippen molar-refractivity contribution in [2.45, 2.75) is 19.8 Å². The predicted octanol–water partition coefficient (Wildman–Crippen LogP) is 0.943. The molecule has 1 aromatic rings. The van der Waals surface area contributed by atoms with E-state index in [1.54, 1.807) is 0 Å². The normalized spacial score (nSPS) is 22.1. The SMILES string of the molecule is Cc1cccc(CC(CO)(CO)C2CCS(=O)(=O)C2)c1. The summed E-state index contributed by atoms with van der Waals surface area (Å²) in [6, 6.07) is 7.90. The number of aliphatic hydroxyl groups excluding tert-OH is 2. The second-order valence-electron chi connectivity index (χ2n) is 5.94. The smallest absolute Gasteiger partial charge is 0.150 e. The summed E-state index contributed by atoms with van der Waals surface area (Å²) < 4.78 is 23.3. The Morgan fingerprint density at radius 1 is 1.30 bits per heavy atom. The average Bonchev–Trinajstić information content (AvgIpc) is 2.77. The molecule has 2 rings (SSSR count). The number of sulfone groups is 1. The molecule has 20 heavy (non-hydrogen) atoms. The lowest BCUT2D eigenvalue weighted by Crippen LogP contribution is -2.41. The summed E-state index contributed by atoms with van der Waals surface area (Å²) in [6.45, 7) is 1.60. The van der Waals surface area contributed by atoms with Crippen molar-refractivity contribution >= 4 is 9.84 Å². The average molecular weight is 298 g/mol. The first-order valence-electron chi connectivity index (χ1n) is 6.88. The lowest BCUT2D eigenvalue weighted by atomic mass is 9.72. The molecule has 0 aromatic heterocycles. The van der Waals surface area contributed by atoms with Gasteiger partial charge in [-0.3, -0.25) is 0 Å². The largest absolute Gasteiger partial charge is 0.396 e. The zero-order valence-electron chi connectivity index (χ0n) is 11.7. The third-order valence-corrected chi connectivity index (χ3v) is 6.13. The number of hydrogen-bond donors (Lipinski definition) is 2. The van der Waals surface area contributed by atoms with E-state index in [2.05, 4.69) is 0 Å². The molecule has 1 aromatic carbocycles. The topological polar surface area (TPSA) is 74.6 Å². The lowest BCUT2D eigenvalue weighted by molar-refractivity contribution is 0.0124. The van der Waals surface area contributed by atoms with Gasteiger partial charge >= 0.3 is 0 Å². The summed E-state index contributed by atoms with van der Waals surface area (Å²) in [5, 5.41) is 19.6. The molecular formula is C15H22O4S. The lowest BCUT2D eigenvalue weighted by Gasteiger charge is -2.35. The predicted molar refractivity (Wildman–Crippen MR) is 78.2 cm³/mol. The summed E-state index contributed by atoms with van der Waals surface area (Å²) in [4.78, 5) is 0. The molecule has 0 bridgehead atoms. The third-order valence-electron chi connectivity index (χ3n) is 4.37. The quantitative estimate of drug-likeness (QED) is 0.848. The number of benzene rings is 1. The standard InChI is InChI=1S/C15H22O4S/c1-12-3-2-4-13(7-12)8-15(10-16,11-17)14-5-6-20(18,19)9-14/h2-4,7,14,16-17H,5-6,8-11H2,1H3. The molecule has 0 aliphatic carbocycles. The van der Waals surface area contributed by atoms with Crippen LogP contribution in [0.3, 0.4) is 0 Å². The summed E-state index contributed by atoms with van der Waals surface area (Å²) in [7, 11) is -3.02. The van der Waals surface area contributed by atoms with Crippen molar-refractivity contribution in [1.82, 2.24) is 0 Å². The van der Waals surface area contributed by atoms with E-state index >= 15 is 0 Å². The maximum Gasteiger partial charge on any atom is 0.150 e. The van der Waals surface area contributed by atoms with Gasteiger partial charge in [0, 0.05) is 5.41 Å². The van der Waals surface area contributed by atoms with E-state index in [-0.39, 0.29) is 30.6 Å². The maximum absolute atomic E-state index is 11.7. The van der Waals surface area contributed by atoms with E-state index in [1.165, 1.54) is 0 Å². The minimum absolute atomic E-state index is 0.0694. The number of hydrogen-bond acceptors (Lipinski definition) is 4. The molecule has 1 atom stereocenters. The van der Waals surface area contributed by atoms with Crippen molar-refractivity contribution in [2.75, 3.05) is 24.7 Å². The molecule has 0 saturated carbocycles. The van der Waals surface area contributed by atoms with E-state index in [4.69, 9.17) is 0 Å². The van der Waals surface area contributed by atoms with Crippen LogP contribution in [0.5, 0.6) is 0 Å². The molecule has 1 aliphatic heterocycles. The Bertz CT molecular complexity index is 561. The van der Waals surface area contributed by atoms with Crippen molar-refractivity contribution in [3.63, 3.8) is 0 Å². The van der Waals surface area contributed by atoms with Crippen molar-refractivity contribution in [3.05, 3.63) is 35.4 Å². The third kappa shape index (κ3) is 3.22. The van der Waals surface area contributed by atoms with Crippen LogP contribution in [0.15, 0.2) is 24.3 Å². The van der Waals surface area contributed by atoms with Gasteiger partial charge in [-0.15, -0.1) is 0 Å². The van der Waals surface area contributed by atoms with Crippen LogP contribution < -0.4 is 0 Å². The molecule has 1 aliphatic rings. The second kappa shape index (κ2) is 5.84. The van der Waals surface area contributed by atoms with Crippen LogP contribution in [0.4, 0.5) is 0 Å². The van der Waals surface area contributed by atoms with Gasteiger partial charge in [0.05, 0.1) is 24.7 Å². The molecule has 1 unspecified atom stereocenters. The zero-order chi connectivity index (χ0) is 14.8. The molecule has 0 spiro atoms. The van der Waals surface area contributed by atoms with Gasteiger partial charge in [0.2, 0.25) is 0 Å². The fraction of sp³-hybridized carbons (Fsp3) is 0.600. The van der Waals surface area contributed by atoms with Gasteiger partial charge in [-0.05, 0) is 31.2 Å². The fourth-order valence-electron chi connectivity index (χ4n) is 3.07. The van der Waals surface area contributed by atoms with Crippen LogP contribution in [0.1, 0.15) is 17.5 Å². The van der Waals surface area contributed by atoms with Gasteiger partial charge in [-0.2, -0.15) is 0 Å². The van der Waals surface area contributed by atoms with E-state index in [0.29, 0.717) is 12.8 Å². The minimum Gasteiger partial charge on any atom is -0.396 e. The Balaban J connectivity index is 2.26. The van der Waals surface area contributed by atoms with Crippen LogP contribution in [-0.2, 0) is 16.3 Å². The highest BCUT2D eigenvalue weighted by molar-refractivity contribution is 7.91. The van der Waals surface area contributed by atoms with Gasteiger partial charge in [0.15, 0.2) is 9.84 Å². The Labute approximate surface area is 120 Å². The van der Waals surface area contributed by atoms with E-state index in [0.717, 1.165) is 11.1 Å². The minimum atomic E-state index is -3.02. The molecular weight excluding hydrogens is 276 g/mol. The highest BCUT2D eigenvalue weighted by atomic mass is 32.2. The number of aliphatic hydroxyl groups is 2. The number of aryl methyl sites for hydroxylation is 1. The van der Waals surface area contributed by atoms with Gasteiger partial charge in [-0.1, -0.05) is 29.8 Å². The molecule has 1 saturated heterocycles. The molecule has 2 N–H and O–H groups in total. The second-order valence-corrected chi connectivity index (χ2v) is 8.17. The maximum atomic E-state index is 11.7. The van der Waals surface area contributed by atoms with Gasteiger partial charge < -0.3 is 10.2 Å². The fourth-order valence-corrected chi connectivity index (χ4v) is 5.01. The Hall–Kier alpha value is -0.910. The Kier molecular flexibility index (Phi) is 4.52. The van der Waals surface area contributed by atoms with Crippen LogP contribution >= 0.6 is 0 Å². The Morgan fingerprint density at radius 2 is 2.00 bits per heavy atom. The first-order valence-corrected chi connectivity index (χ1v) is 8.71. The molecule has 0 radical (unpaired) electrons. The summed E-state index contributed by atoms with van der Waals surface area (Å²) in [6.07, 6.45) is 1.02. The van der Waals surface area contributed by atoms with E-state index in [9.17, 15) is 18.6 Å². The monoisotopic (exact) mass is 298 g/mol. The first-order chi connectivity index (χ1) is 9.41. The highest BCUT2D eigenvalue weighted by Gasteiger charge is 2.44. The van der Waals surface area contributed by atoms with Crippen LogP contribution in [0.2, 0.25) is 0 Å². The summed E-state index contributed by atoms with van der Waals surface area (Å²) in [5.74, 6) is 0.0516. The van der Waals surface area contributed by atoms with Crippen molar-refractivity contribution in [3.8, 4) is 0 Å². The molecule has 1 fully saturated rings. The first kappa shape index (κ1) is 15.5. The number of rotatable bonds is 5. The zero-order valence-corrected chi connectivity index (χ0v) is 12.6. The molecule has 0 amide bonds. The van der Waals surface area contributed by atoms with Gasteiger partial charge in [0.1, 0.15) is 0 Å². The van der Waals surface area contributed by atoms with E-state index in [1.807, 2.05) is 31.2 Å². The van der Waals surface area contributed by atoms with Crippen molar-refractivity contribution < 1.29 is 18.6 Å². The highest BCUT2D eigenvalue weighted by Crippen LogP contribution is 2.38.